The van der Waals surface area contributed by atoms with E-state index >= 15 is 0 Å². The average Bonchev–Trinajstić information content (AvgIpc) is 3.44. The van der Waals surface area contributed by atoms with Gasteiger partial charge in [-0.05, 0) is 87.1 Å². The highest BCUT2D eigenvalue weighted by atomic mass is 16.3. The van der Waals surface area contributed by atoms with Gasteiger partial charge in [-0.2, -0.15) is 0 Å². The summed E-state index contributed by atoms with van der Waals surface area (Å²) in [7, 11) is 3.16. The molecule has 0 bridgehead atoms. The summed E-state index contributed by atoms with van der Waals surface area (Å²) in [6.45, 7) is 3.06. The normalized spacial score (nSPS) is 27.8. The zero-order valence-corrected chi connectivity index (χ0v) is 23.6. The molecule has 1 aliphatic heterocycles. The van der Waals surface area contributed by atoms with Gasteiger partial charge in [-0.25, -0.2) is 0 Å². The smallest absolute Gasteiger partial charge is 0.255 e. The zero-order chi connectivity index (χ0) is 30.1. The Labute approximate surface area is 243 Å². The number of amides is 1. The molecule has 0 aromatic heterocycles. The first kappa shape index (κ1) is 28.1. The van der Waals surface area contributed by atoms with E-state index in [0.717, 1.165) is 30.8 Å². The van der Waals surface area contributed by atoms with Crippen LogP contribution in [0.3, 0.4) is 0 Å². The van der Waals surface area contributed by atoms with E-state index in [-0.39, 0.29) is 29.7 Å². The van der Waals surface area contributed by atoms with Crippen LogP contribution in [0.2, 0.25) is 0 Å². The van der Waals surface area contributed by atoms with E-state index in [4.69, 9.17) is 5.73 Å². The Morgan fingerprint density at radius 2 is 1.71 bits per heavy atom. The Kier molecular flexibility index (Phi) is 6.75. The van der Waals surface area contributed by atoms with Crippen molar-refractivity contribution in [3.8, 4) is 16.9 Å². The number of Topliss-reactive ketones (excluding diaryl/α,β-unsaturated/α-hetero) is 2. The number of benzene rings is 2. The van der Waals surface area contributed by atoms with Gasteiger partial charge in [0.1, 0.15) is 22.8 Å². The largest absolute Gasteiger partial charge is 0.508 e. The molecular weight excluding hydrogens is 538 g/mol. The number of carbonyl (C=O) groups is 3. The number of ketones is 2. The summed E-state index contributed by atoms with van der Waals surface area (Å²) in [5, 5.41) is 45.1. The lowest BCUT2D eigenvalue weighted by atomic mass is 9.57. The van der Waals surface area contributed by atoms with Gasteiger partial charge in [0.15, 0.2) is 11.4 Å². The maximum Gasteiger partial charge on any atom is 0.255 e. The SMILES string of the molecule is CN(C)[C@H]1C(=O)C(C(N)=O)=C(O)[C@]2(O)C(=O)C3=C(O)c4c(O)ccc(-c5ccc(CN6CCCC6)cc5)c4C[C@@H]3C[C@H]12. The lowest BCUT2D eigenvalue weighted by Crippen LogP contribution is -2.65. The molecule has 0 radical (unpaired) electrons. The van der Waals surface area contributed by atoms with Crippen molar-refractivity contribution in [2.24, 2.45) is 17.6 Å². The van der Waals surface area contributed by atoms with Crippen molar-refractivity contribution < 1.29 is 34.8 Å². The molecule has 4 aliphatic rings. The van der Waals surface area contributed by atoms with Crippen LogP contribution in [0.1, 0.15) is 36.0 Å². The van der Waals surface area contributed by atoms with Crippen LogP contribution in [0.5, 0.6) is 5.75 Å². The van der Waals surface area contributed by atoms with Gasteiger partial charge in [0, 0.05) is 18.0 Å². The van der Waals surface area contributed by atoms with Crippen LogP contribution in [0.15, 0.2) is 53.3 Å². The van der Waals surface area contributed by atoms with Crippen molar-refractivity contribution in [2.75, 3.05) is 27.2 Å². The van der Waals surface area contributed by atoms with Gasteiger partial charge >= 0.3 is 0 Å². The summed E-state index contributed by atoms with van der Waals surface area (Å²) in [4.78, 5) is 43.3. The van der Waals surface area contributed by atoms with Crippen molar-refractivity contribution >= 4 is 23.2 Å². The van der Waals surface area contributed by atoms with Gasteiger partial charge in [-0.1, -0.05) is 30.3 Å². The third kappa shape index (κ3) is 4.08. The van der Waals surface area contributed by atoms with Crippen LogP contribution in [0.25, 0.3) is 16.9 Å². The highest BCUT2D eigenvalue weighted by molar-refractivity contribution is 6.24. The number of likely N-dealkylation sites (N-methyl/N-ethyl adjacent to an activating group) is 1. The molecule has 3 aliphatic carbocycles. The number of aliphatic hydroxyl groups is 3. The first-order valence-corrected chi connectivity index (χ1v) is 14.3. The van der Waals surface area contributed by atoms with Crippen molar-refractivity contribution in [1.82, 2.24) is 9.80 Å². The lowest BCUT2D eigenvalue weighted by Gasteiger charge is -2.50. The van der Waals surface area contributed by atoms with E-state index in [1.54, 1.807) is 20.2 Å². The number of carbonyl (C=O) groups excluding carboxylic acids is 3. The Balaban J connectivity index is 1.45. The fourth-order valence-corrected chi connectivity index (χ4v) is 7.50. The molecule has 6 rings (SSSR count). The van der Waals surface area contributed by atoms with Crippen molar-refractivity contribution in [2.45, 2.75) is 43.9 Å². The quantitative estimate of drug-likeness (QED) is 0.337. The summed E-state index contributed by atoms with van der Waals surface area (Å²) < 4.78 is 0. The second-order valence-corrected chi connectivity index (χ2v) is 12.1. The third-order valence-corrected chi connectivity index (χ3v) is 9.47. The number of likely N-dealkylation sites (tertiary alicyclic amines) is 1. The molecule has 2 fully saturated rings. The van der Waals surface area contributed by atoms with Gasteiger partial charge in [-0.3, -0.25) is 24.2 Å². The maximum absolute atomic E-state index is 14.0. The molecule has 1 heterocycles. The average molecular weight is 574 g/mol. The molecule has 220 valence electrons. The Bertz CT molecular complexity index is 1570. The fraction of sp³-hybridized carbons (Fsp3) is 0.406. The summed E-state index contributed by atoms with van der Waals surface area (Å²) >= 11 is 0. The first-order chi connectivity index (χ1) is 19.9. The molecule has 42 heavy (non-hydrogen) atoms. The highest BCUT2D eigenvalue weighted by Crippen LogP contribution is 2.53. The second kappa shape index (κ2) is 10.1. The van der Waals surface area contributed by atoms with E-state index in [1.165, 1.54) is 29.4 Å². The third-order valence-electron chi connectivity index (χ3n) is 9.47. The highest BCUT2D eigenvalue weighted by Gasteiger charge is 2.64. The molecular formula is C32H35N3O7. The number of hydrogen-bond donors (Lipinski definition) is 5. The molecule has 2 aromatic rings. The van der Waals surface area contributed by atoms with Crippen LogP contribution in [-0.2, 0) is 27.3 Å². The van der Waals surface area contributed by atoms with Crippen LogP contribution in [0.4, 0.5) is 0 Å². The van der Waals surface area contributed by atoms with E-state index in [1.807, 2.05) is 12.1 Å². The number of hydrogen-bond acceptors (Lipinski definition) is 9. The predicted octanol–water partition coefficient (Wildman–Crippen LogP) is 2.23. The minimum Gasteiger partial charge on any atom is -0.508 e. The Hall–Kier alpha value is -3.99. The van der Waals surface area contributed by atoms with Crippen molar-refractivity contribution in [3.63, 3.8) is 0 Å². The van der Waals surface area contributed by atoms with Crippen LogP contribution in [0, 0.1) is 11.8 Å². The van der Waals surface area contributed by atoms with E-state index in [9.17, 15) is 34.8 Å². The van der Waals surface area contributed by atoms with E-state index in [2.05, 4.69) is 17.0 Å². The topological polar surface area (TPSA) is 165 Å². The maximum atomic E-state index is 14.0. The van der Waals surface area contributed by atoms with Crippen molar-refractivity contribution in [3.05, 3.63) is 70.0 Å². The fourth-order valence-electron chi connectivity index (χ4n) is 7.50. The number of fused-ring (bicyclic) bond motifs is 3. The first-order valence-electron chi connectivity index (χ1n) is 14.3. The summed E-state index contributed by atoms with van der Waals surface area (Å²) in [6.07, 6.45) is 2.72. The van der Waals surface area contributed by atoms with Crippen LogP contribution >= 0.6 is 0 Å². The van der Waals surface area contributed by atoms with Gasteiger partial charge < -0.3 is 26.2 Å². The zero-order valence-electron chi connectivity index (χ0n) is 23.6. The lowest BCUT2D eigenvalue weighted by molar-refractivity contribution is -0.153. The summed E-state index contributed by atoms with van der Waals surface area (Å²) in [5.41, 5.74) is 5.35. The number of nitrogens with zero attached hydrogens (tertiary/aromatic N) is 2. The Morgan fingerprint density at radius 3 is 2.33 bits per heavy atom. The molecule has 0 unspecified atom stereocenters. The molecule has 10 nitrogen and oxygen atoms in total. The summed E-state index contributed by atoms with van der Waals surface area (Å²) in [5.74, 6) is -6.59. The molecule has 1 saturated carbocycles. The van der Waals surface area contributed by atoms with Crippen LogP contribution in [-0.4, -0.2) is 86.5 Å². The molecule has 6 N–H and O–H groups in total. The monoisotopic (exact) mass is 573 g/mol. The standard InChI is InChI=1S/C32H35N3O7/c1-34(2)26-21-14-18-13-20-19(17-7-5-16(6-8-17)15-35-11-3-4-12-35)9-10-22(36)24(20)27(37)23(18)29(39)32(21,42)30(40)25(28(26)38)31(33)41/h5-10,18,21,26,36-37,40,42H,3-4,11-15H2,1-2H3,(H2,33,41)/t18-,21-,26-,32-/m1/s1. The van der Waals surface area contributed by atoms with Gasteiger partial charge in [-0.15, -0.1) is 0 Å². The van der Waals surface area contributed by atoms with Gasteiger partial charge in [0.2, 0.25) is 5.78 Å². The summed E-state index contributed by atoms with van der Waals surface area (Å²) in [6, 6.07) is 10.3. The predicted molar refractivity (Wildman–Crippen MR) is 154 cm³/mol. The van der Waals surface area contributed by atoms with Crippen LogP contribution < -0.4 is 5.73 Å². The number of phenolic OH excluding ortho intramolecular Hbond substituents is 1. The minimum absolute atomic E-state index is 0.0512. The minimum atomic E-state index is -2.65. The van der Waals surface area contributed by atoms with E-state index in [0.29, 0.717) is 5.56 Å². The number of rotatable bonds is 5. The second-order valence-electron chi connectivity index (χ2n) is 12.1. The number of nitrogens with two attached hydrogens (primary N) is 1. The van der Waals surface area contributed by atoms with Crippen molar-refractivity contribution in [1.29, 1.82) is 0 Å². The molecule has 0 spiro atoms. The number of primary amides is 1. The molecule has 1 saturated heterocycles. The molecule has 1 amide bonds. The molecule has 2 aromatic carbocycles. The van der Waals surface area contributed by atoms with Gasteiger partial charge in [0.25, 0.3) is 5.91 Å². The van der Waals surface area contributed by atoms with Gasteiger partial charge in [0.05, 0.1) is 11.6 Å². The number of aliphatic hydroxyl groups excluding tert-OH is 2. The molecule has 4 atom stereocenters. The molecule has 10 heteroatoms. The number of phenols is 1. The number of aromatic hydroxyl groups is 1. The van der Waals surface area contributed by atoms with E-state index < -0.39 is 58.0 Å². The Morgan fingerprint density at radius 1 is 1.05 bits per heavy atom.